The van der Waals surface area contributed by atoms with E-state index in [0.29, 0.717) is 43.1 Å². The predicted octanol–water partition coefficient (Wildman–Crippen LogP) is 1.79. The summed E-state index contributed by atoms with van der Waals surface area (Å²) >= 11 is 5.78. The molecule has 2 heterocycles. The molecule has 0 unspecified atom stereocenters. The van der Waals surface area contributed by atoms with Gasteiger partial charge in [0, 0.05) is 30.2 Å². The molecule has 0 radical (unpaired) electrons. The molecule has 2 saturated heterocycles. The van der Waals surface area contributed by atoms with Crippen LogP contribution >= 0.6 is 11.6 Å². The van der Waals surface area contributed by atoms with E-state index in [1.54, 1.807) is 29.2 Å². The van der Waals surface area contributed by atoms with Crippen molar-refractivity contribution in [2.24, 2.45) is 5.41 Å². The van der Waals surface area contributed by atoms with E-state index in [1.807, 2.05) is 0 Å². The van der Waals surface area contributed by atoms with Crippen molar-refractivity contribution < 1.29 is 14.4 Å². The maximum atomic E-state index is 12.2. The van der Waals surface area contributed by atoms with Crippen molar-refractivity contribution in [2.45, 2.75) is 19.3 Å². The third-order valence-corrected chi connectivity index (χ3v) is 4.96. The van der Waals surface area contributed by atoms with Crippen LogP contribution in [0.5, 0.6) is 0 Å². The third kappa shape index (κ3) is 3.17. The molecule has 0 aromatic heterocycles. The Hall–Kier alpha value is -2.08. The molecule has 2 fully saturated rings. The number of nitrogens with one attached hydrogen (secondary N) is 2. The number of benzene rings is 1. The van der Waals surface area contributed by atoms with Gasteiger partial charge in [-0.2, -0.15) is 0 Å². The highest BCUT2D eigenvalue weighted by Gasteiger charge is 2.45. The first kappa shape index (κ1) is 15.8. The van der Waals surface area contributed by atoms with Crippen molar-refractivity contribution in [1.82, 2.24) is 15.5 Å². The molecular weight excluding hydrogens is 318 g/mol. The number of carbonyl (C=O) groups excluding carboxylic acids is 3. The Balaban J connectivity index is 1.56. The van der Waals surface area contributed by atoms with Gasteiger partial charge in [-0.1, -0.05) is 11.6 Å². The lowest BCUT2D eigenvalue weighted by Gasteiger charge is -2.37. The summed E-state index contributed by atoms with van der Waals surface area (Å²) in [5.74, 6) is -0.361. The maximum absolute atomic E-state index is 12.2. The number of urea groups is 1. The smallest absolute Gasteiger partial charge is 0.324 e. The number of imide groups is 1. The number of piperidine rings is 1. The van der Waals surface area contributed by atoms with Gasteiger partial charge in [-0.05, 0) is 43.5 Å². The van der Waals surface area contributed by atoms with Gasteiger partial charge in [0.25, 0.3) is 5.91 Å². The van der Waals surface area contributed by atoms with Crippen LogP contribution in [0.2, 0.25) is 5.02 Å². The average molecular weight is 336 g/mol. The van der Waals surface area contributed by atoms with Gasteiger partial charge in [0.15, 0.2) is 0 Å². The molecular formula is C16H18ClN3O3. The first-order valence-electron chi connectivity index (χ1n) is 7.64. The van der Waals surface area contributed by atoms with Crippen LogP contribution in [0.3, 0.4) is 0 Å². The van der Waals surface area contributed by atoms with Crippen molar-refractivity contribution in [2.75, 3.05) is 19.6 Å². The maximum Gasteiger partial charge on any atom is 0.324 e. The van der Waals surface area contributed by atoms with Gasteiger partial charge >= 0.3 is 6.03 Å². The summed E-state index contributed by atoms with van der Waals surface area (Å²) in [6.07, 6.45) is 2.10. The molecule has 1 spiro atoms. The average Bonchev–Trinajstić information content (AvgIpc) is 2.89. The number of rotatable bonds is 1. The zero-order valence-corrected chi connectivity index (χ0v) is 13.4. The van der Waals surface area contributed by atoms with Crippen LogP contribution < -0.4 is 10.6 Å². The van der Waals surface area contributed by atoms with E-state index < -0.39 is 11.9 Å². The highest BCUT2D eigenvalue weighted by atomic mass is 35.5. The summed E-state index contributed by atoms with van der Waals surface area (Å²) in [6, 6.07) is 5.92. The summed E-state index contributed by atoms with van der Waals surface area (Å²) in [6.45, 7) is 1.67. The Bertz CT molecular complexity index is 636. The van der Waals surface area contributed by atoms with Crippen molar-refractivity contribution in [3.05, 3.63) is 34.9 Å². The van der Waals surface area contributed by atoms with Gasteiger partial charge in [0.2, 0.25) is 5.91 Å². The molecule has 23 heavy (non-hydrogen) atoms. The lowest BCUT2D eigenvalue weighted by molar-refractivity contribution is -0.129. The minimum absolute atomic E-state index is 0.0924. The standard InChI is InChI=1S/C16H18ClN3O3/c17-12-3-1-11(2-4-12)13(21)19-15(23)20-9-6-16(7-10-20)5-8-18-14(16)22/h1-4H,5-10H2,(H,18,22)(H,19,21,23). The Morgan fingerprint density at radius 3 is 2.35 bits per heavy atom. The molecule has 6 nitrogen and oxygen atoms in total. The third-order valence-electron chi connectivity index (χ3n) is 4.71. The molecule has 122 valence electrons. The zero-order valence-electron chi connectivity index (χ0n) is 12.6. The van der Waals surface area contributed by atoms with E-state index in [9.17, 15) is 14.4 Å². The van der Waals surface area contributed by atoms with E-state index in [4.69, 9.17) is 11.6 Å². The number of amides is 4. The molecule has 2 N–H and O–H groups in total. The van der Waals surface area contributed by atoms with Gasteiger partial charge in [0.05, 0.1) is 5.41 Å². The minimum atomic E-state index is -0.453. The number of carbonyl (C=O) groups is 3. The van der Waals surface area contributed by atoms with Crippen molar-refractivity contribution in [3.63, 3.8) is 0 Å². The Morgan fingerprint density at radius 2 is 1.78 bits per heavy atom. The number of halogens is 1. The van der Waals surface area contributed by atoms with E-state index in [2.05, 4.69) is 10.6 Å². The topological polar surface area (TPSA) is 78.5 Å². The highest BCUT2D eigenvalue weighted by Crippen LogP contribution is 2.37. The first-order valence-corrected chi connectivity index (χ1v) is 8.02. The molecule has 2 aliphatic rings. The van der Waals surface area contributed by atoms with E-state index in [1.165, 1.54) is 0 Å². The molecule has 0 atom stereocenters. The quantitative estimate of drug-likeness (QED) is 0.821. The second-order valence-electron chi connectivity index (χ2n) is 6.04. The van der Waals surface area contributed by atoms with Crippen LogP contribution in [-0.2, 0) is 4.79 Å². The predicted molar refractivity (Wildman–Crippen MR) is 85.2 cm³/mol. The second kappa shape index (κ2) is 6.20. The Kier molecular flexibility index (Phi) is 4.26. The van der Waals surface area contributed by atoms with Gasteiger partial charge in [-0.3, -0.25) is 14.9 Å². The van der Waals surface area contributed by atoms with Crippen LogP contribution in [0.15, 0.2) is 24.3 Å². The van der Waals surface area contributed by atoms with Gasteiger partial charge in [-0.15, -0.1) is 0 Å². The van der Waals surface area contributed by atoms with Crippen LogP contribution in [0.4, 0.5) is 4.79 Å². The van der Waals surface area contributed by atoms with Crippen molar-refractivity contribution in [1.29, 1.82) is 0 Å². The molecule has 4 amide bonds. The highest BCUT2D eigenvalue weighted by molar-refractivity contribution is 6.30. The Morgan fingerprint density at radius 1 is 1.13 bits per heavy atom. The molecule has 0 bridgehead atoms. The Labute approximate surface area is 139 Å². The largest absolute Gasteiger partial charge is 0.356 e. The molecule has 7 heteroatoms. The lowest BCUT2D eigenvalue weighted by atomic mass is 9.77. The monoisotopic (exact) mass is 335 g/mol. The SMILES string of the molecule is O=C(NC(=O)N1CCC2(CCNC2=O)CC1)c1ccc(Cl)cc1. The number of hydrogen-bond acceptors (Lipinski definition) is 3. The summed E-state index contributed by atoms with van der Waals surface area (Å²) in [7, 11) is 0. The van der Waals surface area contributed by atoms with Crippen molar-refractivity contribution >= 4 is 29.4 Å². The molecule has 1 aromatic carbocycles. The number of likely N-dealkylation sites (tertiary alicyclic amines) is 1. The molecule has 2 aliphatic heterocycles. The van der Waals surface area contributed by atoms with Crippen LogP contribution in [-0.4, -0.2) is 42.4 Å². The van der Waals surface area contributed by atoms with Crippen LogP contribution in [0.1, 0.15) is 29.6 Å². The van der Waals surface area contributed by atoms with Crippen molar-refractivity contribution in [3.8, 4) is 0 Å². The van der Waals surface area contributed by atoms with Gasteiger partial charge in [-0.25, -0.2) is 4.79 Å². The minimum Gasteiger partial charge on any atom is -0.356 e. The van der Waals surface area contributed by atoms with E-state index in [0.717, 1.165) is 6.42 Å². The van der Waals surface area contributed by atoms with Crippen LogP contribution in [0, 0.1) is 5.41 Å². The molecule has 0 aliphatic carbocycles. The molecule has 1 aromatic rings. The van der Waals surface area contributed by atoms with E-state index >= 15 is 0 Å². The van der Waals surface area contributed by atoms with Crippen LogP contribution in [0.25, 0.3) is 0 Å². The van der Waals surface area contributed by atoms with E-state index in [-0.39, 0.29) is 11.3 Å². The molecule has 3 rings (SSSR count). The fraction of sp³-hybridized carbons (Fsp3) is 0.438. The first-order chi connectivity index (χ1) is 11.0. The second-order valence-corrected chi connectivity index (χ2v) is 6.48. The summed E-state index contributed by atoms with van der Waals surface area (Å²) < 4.78 is 0. The molecule has 0 saturated carbocycles. The normalized spacial score (nSPS) is 19.5. The number of hydrogen-bond donors (Lipinski definition) is 2. The number of nitrogens with zero attached hydrogens (tertiary/aromatic N) is 1. The van der Waals surface area contributed by atoms with Gasteiger partial charge < -0.3 is 10.2 Å². The van der Waals surface area contributed by atoms with Gasteiger partial charge in [0.1, 0.15) is 0 Å². The summed E-state index contributed by atoms with van der Waals surface area (Å²) in [5.41, 5.74) is 0.0585. The lowest BCUT2D eigenvalue weighted by Crippen LogP contribution is -2.50. The summed E-state index contributed by atoms with van der Waals surface area (Å²) in [5, 5.41) is 5.77. The fourth-order valence-electron chi connectivity index (χ4n) is 3.18. The fourth-order valence-corrected chi connectivity index (χ4v) is 3.31. The zero-order chi connectivity index (χ0) is 16.4. The summed E-state index contributed by atoms with van der Waals surface area (Å²) in [4.78, 5) is 37.8.